The topological polar surface area (TPSA) is 65.0 Å². The first kappa shape index (κ1) is 28.4. The summed E-state index contributed by atoms with van der Waals surface area (Å²) in [6.45, 7) is 0. The van der Waals surface area contributed by atoms with E-state index in [4.69, 9.17) is 23.8 Å². The number of hydrogen-bond donors (Lipinski definition) is 0. The van der Waals surface area contributed by atoms with Crippen molar-refractivity contribution in [3.05, 3.63) is 163 Å². The molecule has 236 valence electrons. The zero-order chi connectivity index (χ0) is 33.0. The van der Waals surface area contributed by atoms with Gasteiger partial charge in [0, 0.05) is 38.4 Å². The predicted molar refractivity (Wildman–Crippen MR) is 201 cm³/mol. The Morgan fingerprint density at radius 3 is 1.86 bits per heavy atom. The molecule has 0 amide bonds. The summed E-state index contributed by atoms with van der Waals surface area (Å²) in [5.41, 5.74) is 11.3. The third-order valence-electron chi connectivity index (χ3n) is 9.70. The first-order valence-electron chi connectivity index (χ1n) is 16.9. The quantitative estimate of drug-likeness (QED) is 0.187. The molecule has 0 fully saturated rings. The summed E-state index contributed by atoms with van der Waals surface area (Å²) < 4.78 is 12.7. The molecular weight excluding hydrogens is 615 g/mol. The lowest BCUT2D eigenvalue weighted by molar-refractivity contribution is 0.596. The summed E-state index contributed by atoms with van der Waals surface area (Å²) in [5.74, 6) is 2.77. The molecule has 9 aromatic rings. The van der Waals surface area contributed by atoms with E-state index in [2.05, 4.69) is 91.0 Å². The third kappa shape index (κ3) is 4.82. The van der Waals surface area contributed by atoms with Crippen molar-refractivity contribution in [3.63, 3.8) is 0 Å². The normalized spacial score (nSPS) is 12.8. The summed E-state index contributed by atoms with van der Waals surface area (Å²) in [5, 5.41) is 3.18. The van der Waals surface area contributed by atoms with Gasteiger partial charge in [0.1, 0.15) is 22.5 Å². The molecule has 1 aliphatic rings. The molecule has 0 unspecified atom stereocenters. The molecule has 5 heteroatoms. The van der Waals surface area contributed by atoms with Crippen LogP contribution < -0.4 is 0 Å². The molecule has 3 aromatic heterocycles. The number of para-hydroxylation sites is 1. The number of allylic oxidation sites excluding steroid dienone is 1. The molecule has 10 rings (SSSR count). The zero-order valence-electron chi connectivity index (χ0n) is 27.0. The molecule has 0 aliphatic heterocycles. The fraction of sp³-hybridized carbons (Fsp3) is 0.0444. The third-order valence-corrected chi connectivity index (χ3v) is 9.70. The number of furan rings is 2. The van der Waals surface area contributed by atoms with Gasteiger partial charge in [0.15, 0.2) is 17.5 Å². The number of benzene rings is 6. The van der Waals surface area contributed by atoms with E-state index < -0.39 is 0 Å². The Morgan fingerprint density at radius 1 is 0.420 bits per heavy atom. The second-order valence-corrected chi connectivity index (χ2v) is 12.7. The fourth-order valence-electron chi connectivity index (χ4n) is 7.19. The number of hydrogen-bond acceptors (Lipinski definition) is 5. The van der Waals surface area contributed by atoms with E-state index in [1.807, 2.05) is 60.7 Å². The zero-order valence-corrected chi connectivity index (χ0v) is 27.0. The van der Waals surface area contributed by atoms with Crippen molar-refractivity contribution in [2.45, 2.75) is 12.8 Å². The van der Waals surface area contributed by atoms with Gasteiger partial charge in [0.2, 0.25) is 0 Å². The Hall–Kier alpha value is -6.59. The lowest BCUT2D eigenvalue weighted by Crippen LogP contribution is -2.05. The van der Waals surface area contributed by atoms with Crippen LogP contribution in [0.3, 0.4) is 0 Å². The van der Waals surface area contributed by atoms with Gasteiger partial charge in [-0.3, -0.25) is 0 Å². The van der Waals surface area contributed by atoms with E-state index in [9.17, 15) is 0 Å². The minimum atomic E-state index is 0.607. The number of aromatic nitrogens is 3. The van der Waals surface area contributed by atoms with Crippen molar-refractivity contribution in [1.82, 2.24) is 15.0 Å². The van der Waals surface area contributed by atoms with Crippen molar-refractivity contribution in [1.29, 1.82) is 0 Å². The van der Waals surface area contributed by atoms with Gasteiger partial charge in [-0.05, 0) is 65.4 Å². The Bertz CT molecular complexity index is 2740. The van der Waals surface area contributed by atoms with Crippen LogP contribution in [-0.4, -0.2) is 15.0 Å². The molecule has 5 nitrogen and oxygen atoms in total. The molecule has 6 aromatic carbocycles. The van der Waals surface area contributed by atoms with Gasteiger partial charge in [-0.15, -0.1) is 0 Å². The molecule has 0 atom stereocenters. The van der Waals surface area contributed by atoms with E-state index in [1.165, 1.54) is 22.1 Å². The first-order valence-corrected chi connectivity index (χ1v) is 16.9. The van der Waals surface area contributed by atoms with Gasteiger partial charge >= 0.3 is 0 Å². The Morgan fingerprint density at radius 2 is 1.04 bits per heavy atom. The summed E-state index contributed by atoms with van der Waals surface area (Å²) >= 11 is 0. The van der Waals surface area contributed by atoms with Crippen LogP contribution in [0.4, 0.5) is 0 Å². The molecule has 0 spiro atoms. The summed E-state index contributed by atoms with van der Waals surface area (Å²) in [4.78, 5) is 15.3. The molecule has 0 saturated heterocycles. The van der Waals surface area contributed by atoms with Crippen molar-refractivity contribution in [2.75, 3.05) is 0 Å². The Labute approximate surface area is 288 Å². The highest BCUT2D eigenvalue weighted by molar-refractivity contribution is 6.12. The van der Waals surface area contributed by atoms with Gasteiger partial charge in [0.05, 0.1) is 0 Å². The SMILES string of the molecule is C1=C(c2nc(-c3ccccc3)nc(-c3cccc4oc5ccc(-c6ccc(-c7ccccc7)cc6)cc5c34)n2)CCc2c1oc1ccccc21. The highest BCUT2D eigenvalue weighted by Gasteiger charge is 2.23. The highest BCUT2D eigenvalue weighted by atomic mass is 16.3. The maximum absolute atomic E-state index is 6.42. The average molecular weight is 644 g/mol. The van der Waals surface area contributed by atoms with Gasteiger partial charge in [-0.25, -0.2) is 15.0 Å². The number of rotatable bonds is 5. The van der Waals surface area contributed by atoms with Gasteiger partial charge < -0.3 is 8.83 Å². The van der Waals surface area contributed by atoms with Gasteiger partial charge in [0.25, 0.3) is 0 Å². The minimum Gasteiger partial charge on any atom is -0.456 e. The van der Waals surface area contributed by atoms with Crippen LogP contribution in [0, 0.1) is 0 Å². The number of fused-ring (bicyclic) bond motifs is 6. The van der Waals surface area contributed by atoms with Crippen molar-refractivity contribution < 1.29 is 8.83 Å². The summed E-state index contributed by atoms with van der Waals surface area (Å²) in [6, 6.07) is 50.0. The summed E-state index contributed by atoms with van der Waals surface area (Å²) in [6.07, 6.45) is 3.77. The van der Waals surface area contributed by atoms with Crippen LogP contribution in [-0.2, 0) is 6.42 Å². The van der Waals surface area contributed by atoms with Crippen LogP contribution in [0.2, 0.25) is 0 Å². The molecule has 0 radical (unpaired) electrons. The number of aryl methyl sites for hydroxylation is 1. The van der Waals surface area contributed by atoms with Crippen LogP contribution in [0.15, 0.2) is 154 Å². The first-order chi connectivity index (χ1) is 24.7. The standard InChI is InChI=1S/C45H29N3O2/c1-3-10-28(11-4-1)29-18-20-30(21-19-29)32-23-25-39-37(26-32)42-36(15-9-17-40(42)49-39)45-47-43(31-12-5-2-6-13-31)46-44(48-45)33-22-24-35-34-14-7-8-16-38(34)50-41(35)27-33/h1-21,23,25-27H,22,24H2. The van der Waals surface area contributed by atoms with E-state index >= 15 is 0 Å². The Balaban J connectivity index is 1.12. The second-order valence-electron chi connectivity index (χ2n) is 12.7. The minimum absolute atomic E-state index is 0.607. The summed E-state index contributed by atoms with van der Waals surface area (Å²) in [7, 11) is 0. The predicted octanol–water partition coefficient (Wildman–Crippen LogP) is 11.7. The van der Waals surface area contributed by atoms with Crippen LogP contribution in [0.1, 0.15) is 23.6 Å². The molecule has 0 saturated carbocycles. The van der Waals surface area contributed by atoms with E-state index in [1.54, 1.807) is 0 Å². The molecule has 1 aliphatic carbocycles. The second kappa shape index (κ2) is 11.5. The monoisotopic (exact) mass is 643 g/mol. The highest BCUT2D eigenvalue weighted by Crippen LogP contribution is 2.40. The van der Waals surface area contributed by atoms with Crippen molar-refractivity contribution in [3.8, 4) is 45.0 Å². The maximum atomic E-state index is 6.42. The van der Waals surface area contributed by atoms with E-state index in [0.717, 1.165) is 74.0 Å². The van der Waals surface area contributed by atoms with Crippen molar-refractivity contribution in [2.24, 2.45) is 0 Å². The molecule has 0 N–H and O–H groups in total. The number of nitrogens with zero attached hydrogens (tertiary/aromatic N) is 3. The van der Waals surface area contributed by atoms with Crippen LogP contribution >= 0.6 is 0 Å². The van der Waals surface area contributed by atoms with E-state index in [0.29, 0.717) is 17.5 Å². The van der Waals surface area contributed by atoms with Crippen LogP contribution in [0.25, 0.3) is 89.6 Å². The van der Waals surface area contributed by atoms with E-state index in [-0.39, 0.29) is 0 Å². The van der Waals surface area contributed by atoms with Gasteiger partial charge in [-0.1, -0.05) is 121 Å². The molecular formula is C45H29N3O2. The average Bonchev–Trinajstić information content (AvgIpc) is 3.76. The molecule has 3 heterocycles. The lowest BCUT2D eigenvalue weighted by atomic mass is 9.95. The van der Waals surface area contributed by atoms with Crippen molar-refractivity contribution >= 4 is 44.6 Å². The largest absolute Gasteiger partial charge is 0.456 e. The molecule has 50 heavy (non-hydrogen) atoms. The van der Waals surface area contributed by atoms with Gasteiger partial charge in [-0.2, -0.15) is 0 Å². The lowest BCUT2D eigenvalue weighted by Gasteiger charge is -2.14. The Kier molecular flexibility index (Phi) is 6.56. The maximum Gasteiger partial charge on any atom is 0.164 e. The fourth-order valence-corrected chi connectivity index (χ4v) is 7.19. The smallest absolute Gasteiger partial charge is 0.164 e. The van der Waals surface area contributed by atoms with Crippen LogP contribution in [0.5, 0.6) is 0 Å². The molecule has 0 bridgehead atoms.